The first-order valence-corrected chi connectivity index (χ1v) is 12.1. The second kappa shape index (κ2) is 11.0. The summed E-state index contributed by atoms with van der Waals surface area (Å²) in [5.74, 6) is 1.46. The highest BCUT2D eigenvalue weighted by Gasteiger charge is 2.20. The van der Waals surface area contributed by atoms with E-state index in [-0.39, 0.29) is 17.8 Å². The van der Waals surface area contributed by atoms with Gasteiger partial charge in [-0.3, -0.25) is 9.36 Å². The molecular formula is C23H24BrClN4O2S. The van der Waals surface area contributed by atoms with E-state index in [0.717, 1.165) is 21.3 Å². The fraction of sp³-hybridized carbons (Fsp3) is 0.261. The number of aryl methyl sites for hydroxylation is 1. The number of carbonyl (C=O) groups excluding carboxylic acids is 1. The van der Waals surface area contributed by atoms with Gasteiger partial charge in [-0.1, -0.05) is 57.5 Å². The van der Waals surface area contributed by atoms with Crippen molar-refractivity contribution in [2.75, 3.05) is 11.1 Å². The molecule has 0 saturated heterocycles. The van der Waals surface area contributed by atoms with E-state index in [0.29, 0.717) is 28.2 Å². The molecule has 0 aliphatic heterocycles. The third-order valence-electron chi connectivity index (χ3n) is 4.82. The zero-order valence-corrected chi connectivity index (χ0v) is 21.2. The number of anilines is 1. The average Bonchev–Trinajstić information content (AvgIpc) is 3.15. The number of ether oxygens (including phenoxy) is 1. The van der Waals surface area contributed by atoms with Crippen LogP contribution >= 0.6 is 39.3 Å². The number of allylic oxidation sites excluding steroid dienone is 1. The molecule has 2 aromatic carbocycles. The number of thioether (sulfide) groups is 1. The molecule has 3 aromatic rings. The summed E-state index contributed by atoms with van der Waals surface area (Å²) >= 11 is 10.8. The van der Waals surface area contributed by atoms with Crippen molar-refractivity contribution >= 4 is 50.9 Å². The number of halogens is 2. The van der Waals surface area contributed by atoms with Crippen LogP contribution in [0.1, 0.15) is 30.0 Å². The summed E-state index contributed by atoms with van der Waals surface area (Å²) in [6.45, 7) is 10.3. The second-order valence-corrected chi connectivity index (χ2v) is 9.42. The van der Waals surface area contributed by atoms with Crippen molar-refractivity contribution in [3.05, 3.63) is 75.5 Å². The number of rotatable bonds is 9. The molecule has 1 atom stereocenters. The molecule has 9 heteroatoms. The minimum absolute atomic E-state index is 0.161. The zero-order chi connectivity index (χ0) is 23.3. The van der Waals surface area contributed by atoms with Gasteiger partial charge in [-0.2, -0.15) is 0 Å². The van der Waals surface area contributed by atoms with Crippen molar-refractivity contribution in [1.82, 2.24) is 14.8 Å². The van der Waals surface area contributed by atoms with E-state index in [4.69, 9.17) is 16.3 Å². The Balaban J connectivity index is 1.70. The van der Waals surface area contributed by atoms with Crippen molar-refractivity contribution in [3.8, 4) is 5.75 Å². The molecule has 6 nitrogen and oxygen atoms in total. The van der Waals surface area contributed by atoms with Crippen LogP contribution in [-0.2, 0) is 11.3 Å². The highest BCUT2D eigenvalue weighted by molar-refractivity contribution is 9.10. The largest absolute Gasteiger partial charge is 0.482 e. The monoisotopic (exact) mass is 534 g/mol. The molecule has 0 saturated carbocycles. The second-order valence-electron chi connectivity index (χ2n) is 7.16. The molecule has 1 unspecified atom stereocenters. The van der Waals surface area contributed by atoms with Crippen molar-refractivity contribution < 1.29 is 9.53 Å². The Bertz CT molecular complexity index is 1140. The molecule has 1 aromatic heterocycles. The molecule has 32 heavy (non-hydrogen) atoms. The fourth-order valence-corrected chi connectivity index (χ4v) is 4.49. The Morgan fingerprint density at radius 1 is 1.34 bits per heavy atom. The van der Waals surface area contributed by atoms with E-state index in [1.807, 2.05) is 49.6 Å². The third-order valence-corrected chi connectivity index (χ3v) is 6.59. The first-order valence-electron chi connectivity index (χ1n) is 9.94. The van der Waals surface area contributed by atoms with Gasteiger partial charge < -0.3 is 10.1 Å². The molecule has 0 radical (unpaired) electrons. The lowest BCUT2D eigenvalue weighted by atomic mass is 10.1. The highest BCUT2D eigenvalue weighted by Crippen LogP contribution is 2.29. The molecule has 0 fully saturated rings. The predicted octanol–water partition coefficient (Wildman–Crippen LogP) is 6.37. The highest BCUT2D eigenvalue weighted by atomic mass is 79.9. The van der Waals surface area contributed by atoms with E-state index >= 15 is 0 Å². The van der Waals surface area contributed by atoms with Crippen molar-refractivity contribution in [2.45, 2.75) is 38.6 Å². The van der Waals surface area contributed by atoms with Crippen LogP contribution in [0.4, 0.5) is 5.69 Å². The number of benzene rings is 2. The van der Waals surface area contributed by atoms with E-state index in [9.17, 15) is 4.79 Å². The van der Waals surface area contributed by atoms with E-state index in [1.54, 1.807) is 18.2 Å². The maximum atomic E-state index is 12.4. The topological polar surface area (TPSA) is 69.0 Å². The number of hydrogen-bond donors (Lipinski definition) is 1. The van der Waals surface area contributed by atoms with Gasteiger partial charge in [0.15, 0.2) is 17.1 Å². The molecule has 1 amide bonds. The molecule has 1 N–H and O–H groups in total. The van der Waals surface area contributed by atoms with E-state index in [1.165, 1.54) is 11.8 Å². The quantitative estimate of drug-likeness (QED) is 0.255. The average molecular weight is 536 g/mol. The van der Waals surface area contributed by atoms with Crippen LogP contribution in [0, 0.1) is 13.8 Å². The van der Waals surface area contributed by atoms with Crippen LogP contribution in [-0.4, -0.2) is 26.4 Å². The standard InChI is InChI=1S/C23H24BrClN4O2S/c1-5-11-29-22(16(4)31-20-8-6-7-14(2)15(20)3)27-28-23(29)32-13-21(30)26-19-10-9-17(24)12-18(19)25/h5-10,12,16H,1,11,13H2,2-4H3,(H,26,30). The van der Waals surface area contributed by atoms with Crippen LogP contribution in [0.3, 0.4) is 0 Å². The first kappa shape index (κ1) is 24.4. The van der Waals surface area contributed by atoms with Gasteiger partial charge in [-0.15, -0.1) is 16.8 Å². The Hall–Kier alpha value is -2.29. The Morgan fingerprint density at radius 3 is 2.84 bits per heavy atom. The zero-order valence-electron chi connectivity index (χ0n) is 18.1. The number of nitrogens with zero attached hydrogens (tertiary/aromatic N) is 3. The fourth-order valence-electron chi connectivity index (χ4n) is 3.01. The summed E-state index contributed by atoms with van der Waals surface area (Å²) in [6.07, 6.45) is 1.44. The molecule has 0 spiro atoms. The molecule has 1 heterocycles. The normalized spacial score (nSPS) is 11.8. The van der Waals surface area contributed by atoms with Gasteiger partial charge in [-0.05, 0) is 56.2 Å². The van der Waals surface area contributed by atoms with Crippen LogP contribution < -0.4 is 10.1 Å². The smallest absolute Gasteiger partial charge is 0.234 e. The van der Waals surface area contributed by atoms with Gasteiger partial charge in [0.25, 0.3) is 0 Å². The van der Waals surface area contributed by atoms with Gasteiger partial charge in [-0.25, -0.2) is 0 Å². The lowest BCUT2D eigenvalue weighted by Crippen LogP contribution is -2.16. The molecule has 0 bridgehead atoms. The third kappa shape index (κ3) is 5.94. The Morgan fingerprint density at radius 2 is 2.12 bits per heavy atom. The molecule has 3 rings (SSSR count). The first-order chi connectivity index (χ1) is 15.3. The van der Waals surface area contributed by atoms with E-state index < -0.39 is 0 Å². The number of hydrogen-bond acceptors (Lipinski definition) is 5. The maximum absolute atomic E-state index is 12.4. The minimum Gasteiger partial charge on any atom is -0.482 e. The Kier molecular flexibility index (Phi) is 8.39. The van der Waals surface area contributed by atoms with Gasteiger partial charge in [0.2, 0.25) is 5.91 Å². The Labute approximate surface area is 205 Å². The predicted molar refractivity (Wildman–Crippen MR) is 134 cm³/mol. The summed E-state index contributed by atoms with van der Waals surface area (Å²) in [5.41, 5.74) is 2.81. The summed E-state index contributed by atoms with van der Waals surface area (Å²) in [5, 5.41) is 12.5. The van der Waals surface area contributed by atoms with Crippen molar-refractivity contribution in [1.29, 1.82) is 0 Å². The van der Waals surface area contributed by atoms with Crippen LogP contribution in [0.25, 0.3) is 0 Å². The van der Waals surface area contributed by atoms with Gasteiger partial charge in [0.05, 0.1) is 16.5 Å². The molecular weight excluding hydrogens is 512 g/mol. The summed E-state index contributed by atoms with van der Waals surface area (Å²) in [4.78, 5) is 12.4. The van der Waals surface area contributed by atoms with E-state index in [2.05, 4.69) is 38.0 Å². The van der Waals surface area contributed by atoms with Crippen LogP contribution in [0.15, 0.2) is 58.7 Å². The number of nitrogens with one attached hydrogen (secondary N) is 1. The lowest BCUT2D eigenvalue weighted by molar-refractivity contribution is -0.113. The molecule has 0 aliphatic carbocycles. The van der Waals surface area contributed by atoms with Gasteiger partial charge in [0.1, 0.15) is 5.75 Å². The molecule has 0 aliphatic rings. The molecule has 168 valence electrons. The van der Waals surface area contributed by atoms with Gasteiger partial charge in [0, 0.05) is 11.0 Å². The summed E-state index contributed by atoms with van der Waals surface area (Å²) in [7, 11) is 0. The summed E-state index contributed by atoms with van der Waals surface area (Å²) in [6, 6.07) is 11.3. The maximum Gasteiger partial charge on any atom is 0.234 e. The summed E-state index contributed by atoms with van der Waals surface area (Å²) < 4.78 is 8.93. The van der Waals surface area contributed by atoms with Gasteiger partial charge >= 0.3 is 0 Å². The van der Waals surface area contributed by atoms with Crippen molar-refractivity contribution in [3.63, 3.8) is 0 Å². The van der Waals surface area contributed by atoms with Crippen molar-refractivity contribution in [2.24, 2.45) is 0 Å². The number of carbonyl (C=O) groups is 1. The van der Waals surface area contributed by atoms with Crippen LogP contribution in [0.5, 0.6) is 5.75 Å². The number of amides is 1. The SMILES string of the molecule is C=CCn1c(SCC(=O)Nc2ccc(Br)cc2Cl)nnc1C(C)Oc1cccc(C)c1C. The lowest BCUT2D eigenvalue weighted by Gasteiger charge is -2.18. The van der Waals surface area contributed by atoms with Crippen LogP contribution in [0.2, 0.25) is 5.02 Å². The number of aromatic nitrogens is 3. The minimum atomic E-state index is -0.326.